The number of hydrogen-bond acceptors (Lipinski definition) is 4. The Kier molecular flexibility index (Phi) is 3.70. The minimum absolute atomic E-state index is 0.199. The summed E-state index contributed by atoms with van der Waals surface area (Å²) in [5.41, 5.74) is 0.795. The quantitative estimate of drug-likeness (QED) is 0.775. The molecule has 3 saturated heterocycles. The van der Waals surface area contributed by atoms with Crippen LogP contribution < -0.4 is 4.90 Å². The first kappa shape index (κ1) is 14.5. The van der Waals surface area contributed by atoms with Gasteiger partial charge in [0, 0.05) is 43.5 Å². The van der Waals surface area contributed by atoms with E-state index in [4.69, 9.17) is 11.2 Å². The summed E-state index contributed by atoms with van der Waals surface area (Å²) < 4.78 is 5.59. The molecule has 0 saturated carbocycles. The molecule has 120 valence electrons. The van der Waals surface area contributed by atoms with Gasteiger partial charge in [-0.15, -0.1) is 6.42 Å². The van der Waals surface area contributed by atoms with Gasteiger partial charge in [-0.2, -0.15) is 0 Å². The van der Waals surface area contributed by atoms with Crippen LogP contribution in [0.25, 0.3) is 0 Å². The van der Waals surface area contributed by atoms with Crippen molar-refractivity contribution in [1.29, 1.82) is 0 Å². The third-order valence-corrected chi connectivity index (χ3v) is 5.18. The van der Waals surface area contributed by atoms with Gasteiger partial charge in [0.25, 0.3) is 5.91 Å². The Morgan fingerprint density at radius 2 is 2.04 bits per heavy atom. The standard InChI is InChI=1S/C18H21N3O2/c1-2-13-5-8-17(19-10-13)20-11-14-6-7-15(12-20)21(14)18(22)16-4-3-9-23-16/h1,5,8,10,14-16H,3-4,6-7,9,11-12H2. The van der Waals surface area contributed by atoms with E-state index in [2.05, 4.69) is 20.7 Å². The van der Waals surface area contributed by atoms with Gasteiger partial charge in [-0.05, 0) is 37.8 Å². The lowest BCUT2D eigenvalue weighted by atomic mass is 10.1. The number of pyridine rings is 1. The Bertz CT molecular complexity index is 617. The van der Waals surface area contributed by atoms with Crippen LogP contribution in [0.3, 0.4) is 0 Å². The Hall–Kier alpha value is -2.06. The van der Waals surface area contributed by atoms with Gasteiger partial charge in [0.05, 0.1) is 0 Å². The molecule has 0 spiro atoms. The molecule has 1 amide bonds. The first-order valence-electron chi connectivity index (χ1n) is 8.37. The smallest absolute Gasteiger partial charge is 0.252 e. The van der Waals surface area contributed by atoms with Crippen molar-refractivity contribution in [2.75, 3.05) is 24.6 Å². The molecule has 1 aromatic heterocycles. The summed E-state index contributed by atoms with van der Waals surface area (Å²) in [6.45, 7) is 2.41. The van der Waals surface area contributed by atoms with Crippen LogP contribution in [0.2, 0.25) is 0 Å². The van der Waals surface area contributed by atoms with Gasteiger partial charge in [-0.3, -0.25) is 4.79 Å². The monoisotopic (exact) mass is 311 g/mol. The van der Waals surface area contributed by atoms with Crippen LogP contribution in [-0.4, -0.2) is 53.7 Å². The van der Waals surface area contributed by atoms with Crippen molar-refractivity contribution < 1.29 is 9.53 Å². The first-order chi connectivity index (χ1) is 11.3. The maximum absolute atomic E-state index is 12.7. The fourth-order valence-corrected chi connectivity index (χ4v) is 4.05. The maximum atomic E-state index is 12.7. The first-order valence-corrected chi connectivity index (χ1v) is 8.37. The highest BCUT2D eigenvalue weighted by atomic mass is 16.5. The number of rotatable bonds is 2. The number of amides is 1. The van der Waals surface area contributed by atoms with Crippen molar-refractivity contribution in [3.05, 3.63) is 23.9 Å². The predicted molar refractivity (Wildman–Crippen MR) is 87.0 cm³/mol. The highest BCUT2D eigenvalue weighted by Crippen LogP contribution is 2.33. The second-order valence-corrected chi connectivity index (χ2v) is 6.59. The highest BCUT2D eigenvalue weighted by molar-refractivity contribution is 5.82. The predicted octanol–water partition coefficient (Wildman–Crippen LogP) is 1.42. The Balaban J connectivity index is 1.48. The van der Waals surface area contributed by atoms with E-state index in [1.165, 1.54) is 0 Å². The molecule has 3 aliphatic rings. The van der Waals surface area contributed by atoms with Gasteiger partial charge in [0.15, 0.2) is 0 Å². The highest BCUT2D eigenvalue weighted by Gasteiger charge is 2.45. The zero-order chi connectivity index (χ0) is 15.8. The van der Waals surface area contributed by atoms with E-state index in [1.54, 1.807) is 6.20 Å². The molecule has 4 rings (SSSR count). The summed E-state index contributed by atoms with van der Waals surface area (Å²) in [6, 6.07) is 4.46. The van der Waals surface area contributed by atoms with E-state index in [1.807, 2.05) is 12.1 Å². The van der Waals surface area contributed by atoms with Gasteiger partial charge in [-0.1, -0.05) is 5.92 Å². The van der Waals surface area contributed by atoms with Crippen LogP contribution >= 0.6 is 0 Å². The summed E-state index contributed by atoms with van der Waals surface area (Å²) in [6.07, 6.45) is 10.9. The number of carbonyl (C=O) groups excluding carboxylic acids is 1. The Labute approximate surface area is 136 Å². The SMILES string of the molecule is C#Cc1ccc(N2CC3CCC(C2)N3C(=O)C2CCCO2)nc1. The van der Waals surface area contributed by atoms with Crippen LogP contribution in [0.15, 0.2) is 18.3 Å². The molecule has 3 fully saturated rings. The molecule has 5 nitrogen and oxygen atoms in total. The maximum Gasteiger partial charge on any atom is 0.252 e. The van der Waals surface area contributed by atoms with Crippen molar-refractivity contribution in [3.8, 4) is 12.3 Å². The molecular formula is C18H21N3O2. The zero-order valence-corrected chi connectivity index (χ0v) is 13.1. The third kappa shape index (κ3) is 2.57. The molecule has 0 N–H and O–H groups in total. The van der Waals surface area contributed by atoms with Gasteiger partial charge in [0.2, 0.25) is 0 Å². The van der Waals surface area contributed by atoms with E-state index in [0.717, 1.165) is 56.8 Å². The molecule has 3 aliphatic heterocycles. The molecular weight excluding hydrogens is 290 g/mol. The van der Waals surface area contributed by atoms with E-state index in [0.29, 0.717) is 0 Å². The van der Waals surface area contributed by atoms with Crippen LogP contribution in [0.5, 0.6) is 0 Å². The summed E-state index contributed by atoms with van der Waals surface area (Å²) in [7, 11) is 0. The largest absolute Gasteiger partial charge is 0.368 e. The third-order valence-electron chi connectivity index (χ3n) is 5.18. The second kappa shape index (κ2) is 5.86. The van der Waals surface area contributed by atoms with Crippen molar-refractivity contribution >= 4 is 11.7 Å². The van der Waals surface area contributed by atoms with Crippen LogP contribution in [0.1, 0.15) is 31.2 Å². The van der Waals surface area contributed by atoms with Crippen molar-refractivity contribution in [2.45, 2.75) is 43.9 Å². The molecule has 2 bridgehead atoms. The molecule has 0 radical (unpaired) electrons. The van der Waals surface area contributed by atoms with Crippen molar-refractivity contribution in [1.82, 2.24) is 9.88 Å². The molecule has 3 unspecified atom stereocenters. The summed E-state index contributed by atoms with van der Waals surface area (Å²) >= 11 is 0. The lowest BCUT2D eigenvalue weighted by Crippen LogP contribution is -2.58. The molecule has 3 atom stereocenters. The number of aromatic nitrogens is 1. The molecule has 4 heterocycles. The molecule has 1 aromatic rings. The van der Waals surface area contributed by atoms with Gasteiger partial charge in [-0.25, -0.2) is 4.98 Å². The average molecular weight is 311 g/mol. The number of carbonyl (C=O) groups is 1. The van der Waals surface area contributed by atoms with Crippen LogP contribution in [0, 0.1) is 12.3 Å². The van der Waals surface area contributed by atoms with Gasteiger partial charge in [0.1, 0.15) is 11.9 Å². The Morgan fingerprint density at radius 3 is 2.61 bits per heavy atom. The summed E-state index contributed by atoms with van der Waals surface area (Å²) in [5.74, 6) is 3.74. The molecule has 0 aromatic carbocycles. The zero-order valence-electron chi connectivity index (χ0n) is 13.1. The summed E-state index contributed by atoms with van der Waals surface area (Å²) in [5, 5.41) is 0. The molecule has 5 heteroatoms. The minimum Gasteiger partial charge on any atom is -0.368 e. The number of nitrogens with zero attached hydrogens (tertiary/aromatic N) is 3. The number of piperazine rings is 1. The fourth-order valence-electron chi connectivity index (χ4n) is 4.05. The van der Waals surface area contributed by atoms with Gasteiger partial charge >= 0.3 is 0 Å². The lowest BCUT2D eigenvalue weighted by Gasteiger charge is -2.42. The van der Waals surface area contributed by atoms with Crippen molar-refractivity contribution in [3.63, 3.8) is 0 Å². The second-order valence-electron chi connectivity index (χ2n) is 6.59. The van der Waals surface area contributed by atoms with Gasteiger partial charge < -0.3 is 14.5 Å². The van der Waals surface area contributed by atoms with E-state index in [9.17, 15) is 4.79 Å². The number of ether oxygens (including phenoxy) is 1. The summed E-state index contributed by atoms with van der Waals surface area (Å²) in [4.78, 5) is 21.6. The van der Waals surface area contributed by atoms with Crippen LogP contribution in [0.4, 0.5) is 5.82 Å². The number of anilines is 1. The lowest BCUT2D eigenvalue weighted by molar-refractivity contribution is -0.144. The van der Waals surface area contributed by atoms with E-state index >= 15 is 0 Å². The van der Waals surface area contributed by atoms with Crippen LogP contribution in [-0.2, 0) is 9.53 Å². The minimum atomic E-state index is -0.210. The number of terminal acetylenes is 1. The van der Waals surface area contributed by atoms with E-state index < -0.39 is 0 Å². The number of hydrogen-bond donors (Lipinski definition) is 0. The molecule has 23 heavy (non-hydrogen) atoms. The molecule has 0 aliphatic carbocycles. The number of fused-ring (bicyclic) bond motifs is 2. The Morgan fingerprint density at radius 1 is 1.26 bits per heavy atom. The average Bonchev–Trinajstić information content (AvgIpc) is 3.21. The van der Waals surface area contributed by atoms with E-state index in [-0.39, 0.29) is 24.1 Å². The topological polar surface area (TPSA) is 45.7 Å². The fraction of sp³-hybridized carbons (Fsp3) is 0.556. The normalized spacial score (nSPS) is 29.6. The van der Waals surface area contributed by atoms with Crippen molar-refractivity contribution in [2.24, 2.45) is 0 Å².